The molecule has 0 fully saturated rings. The van der Waals surface area contributed by atoms with E-state index in [9.17, 15) is 19.2 Å². The molecule has 0 spiro atoms. The van der Waals surface area contributed by atoms with Crippen molar-refractivity contribution in [3.05, 3.63) is 23.8 Å². The number of nitrogens with two attached hydrogens (primary N) is 1. The number of carbonyl (C=O) groups is 4. The molecule has 1 aromatic carbocycles. The highest BCUT2D eigenvalue weighted by atomic mass is 16.7. The molecule has 0 amide bonds. The van der Waals surface area contributed by atoms with Crippen molar-refractivity contribution in [2.75, 3.05) is 6.61 Å². The highest BCUT2D eigenvalue weighted by Crippen LogP contribution is 2.31. The second kappa shape index (κ2) is 16.2. The summed E-state index contributed by atoms with van der Waals surface area (Å²) in [5.74, 6) is -1.98. The summed E-state index contributed by atoms with van der Waals surface area (Å²) in [4.78, 5) is 49.6. The Morgan fingerprint density at radius 2 is 1.23 bits per heavy atom. The molecule has 1 rings (SSSR count). The number of benzene rings is 1. The summed E-state index contributed by atoms with van der Waals surface area (Å²) in [7, 11) is 0. The van der Waals surface area contributed by atoms with Gasteiger partial charge in [-0.15, -0.1) is 0 Å². The third-order valence-corrected chi connectivity index (χ3v) is 6.91. The lowest BCUT2D eigenvalue weighted by molar-refractivity contribution is -0.152. The third kappa shape index (κ3) is 11.5. The molecule has 5 atom stereocenters. The van der Waals surface area contributed by atoms with E-state index in [0.717, 1.165) is 0 Å². The molecule has 3 unspecified atom stereocenters. The fraction of sp³-hybridized carbons (Fsp3) is 0.667. The highest BCUT2D eigenvalue weighted by Gasteiger charge is 2.26. The SMILES string of the molecule is CC(C)C(C)OC(=O)OC[C@H](C)OC(=O)[C@@H](N)Cc1ccc(OC(=O)C(C)C(C)C)c(OC(=O)C(C)C(C)C)c1. The van der Waals surface area contributed by atoms with Crippen LogP contribution in [0.3, 0.4) is 0 Å². The predicted octanol–water partition coefficient (Wildman–Crippen LogP) is 5.08. The Bertz CT molecular complexity index is 1000. The van der Waals surface area contributed by atoms with Crippen molar-refractivity contribution >= 4 is 24.1 Å². The molecule has 10 nitrogen and oxygen atoms in total. The minimum atomic E-state index is -1.05. The molecule has 226 valence electrons. The van der Waals surface area contributed by atoms with Gasteiger partial charge in [0.2, 0.25) is 0 Å². The van der Waals surface area contributed by atoms with Gasteiger partial charge in [0, 0.05) is 0 Å². The van der Waals surface area contributed by atoms with Gasteiger partial charge in [-0.1, -0.05) is 61.5 Å². The Kier molecular flexibility index (Phi) is 14.1. The average molecular weight is 566 g/mol. The topological polar surface area (TPSA) is 140 Å². The number of rotatable bonds is 14. The summed E-state index contributed by atoms with van der Waals surface area (Å²) in [5, 5.41) is 0. The molecule has 0 heterocycles. The first-order chi connectivity index (χ1) is 18.5. The Balaban J connectivity index is 2.92. The lowest BCUT2D eigenvalue weighted by Crippen LogP contribution is -2.37. The summed E-state index contributed by atoms with van der Waals surface area (Å²) in [6, 6.07) is 3.63. The quantitative estimate of drug-likeness (QED) is 0.240. The van der Waals surface area contributed by atoms with E-state index in [-0.39, 0.29) is 54.3 Å². The molecular formula is C30H47NO9. The number of carbonyl (C=O) groups excluding carboxylic acids is 4. The molecule has 0 aliphatic rings. The maximum absolute atomic E-state index is 12.7. The zero-order valence-electron chi connectivity index (χ0n) is 25.5. The van der Waals surface area contributed by atoms with Crippen LogP contribution in [0.4, 0.5) is 4.79 Å². The van der Waals surface area contributed by atoms with E-state index in [1.807, 2.05) is 41.5 Å². The van der Waals surface area contributed by atoms with Gasteiger partial charge in [-0.05, 0) is 55.7 Å². The van der Waals surface area contributed by atoms with E-state index >= 15 is 0 Å². The van der Waals surface area contributed by atoms with E-state index in [4.69, 9.17) is 29.4 Å². The number of esters is 3. The molecule has 0 aromatic heterocycles. The Hall–Kier alpha value is -3.14. The molecule has 1 aromatic rings. The summed E-state index contributed by atoms with van der Waals surface area (Å²) < 4.78 is 26.6. The average Bonchev–Trinajstić information content (AvgIpc) is 2.87. The minimum absolute atomic E-state index is 0.0391. The van der Waals surface area contributed by atoms with Gasteiger partial charge in [-0.2, -0.15) is 0 Å². The van der Waals surface area contributed by atoms with Gasteiger partial charge >= 0.3 is 24.1 Å². The molecule has 2 N–H and O–H groups in total. The zero-order chi connectivity index (χ0) is 30.7. The predicted molar refractivity (Wildman–Crippen MR) is 150 cm³/mol. The molecular weight excluding hydrogens is 518 g/mol. The minimum Gasteiger partial charge on any atom is -0.458 e. The van der Waals surface area contributed by atoms with E-state index in [1.165, 1.54) is 12.1 Å². The Morgan fingerprint density at radius 1 is 0.700 bits per heavy atom. The van der Waals surface area contributed by atoms with Gasteiger partial charge in [0.1, 0.15) is 24.9 Å². The first kappa shape index (κ1) is 34.9. The summed E-state index contributed by atoms with van der Waals surface area (Å²) in [6.07, 6.45) is -1.85. The van der Waals surface area contributed by atoms with E-state index in [0.29, 0.717) is 5.56 Å². The van der Waals surface area contributed by atoms with Crippen LogP contribution in [0.1, 0.15) is 74.8 Å². The van der Waals surface area contributed by atoms with Crippen LogP contribution in [0.5, 0.6) is 11.5 Å². The van der Waals surface area contributed by atoms with Crippen molar-refractivity contribution in [3.63, 3.8) is 0 Å². The van der Waals surface area contributed by atoms with Crippen molar-refractivity contribution in [2.24, 2.45) is 35.3 Å². The molecule has 10 heteroatoms. The first-order valence-electron chi connectivity index (χ1n) is 13.9. The zero-order valence-corrected chi connectivity index (χ0v) is 25.5. The number of ether oxygens (including phenoxy) is 5. The van der Waals surface area contributed by atoms with Crippen LogP contribution in [-0.2, 0) is 35.0 Å². The van der Waals surface area contributed by atoms with Gasteiger partial charge in [-0.3, -0.25) is 14.4 Å². The summed E-state index contributed by atoms with van der Waals surface area (Å²) in [6.45, 7) is 18.1. The van der Waals surface area contributed by atoms with Crippen molar-refractivity contribution in [1.82, 2.24) is 0 Å². The Morgan fingerprint density at radius 3 is 1.73 bits per heavy atom. The van der Waals surface area contributed by atoms with E-state index in [2.05, 4.69) is 0 Å². The maximum atomic E-state index is 12.7. The molecule has 0 bridgehead atoms. The van der Waals surface area contributed by atoms with Gasteiger partial charge in [-0.25, -0.2) is 4.79 Å². The third-order valence-electron chi connectivity index (χ3n) is 6.91. The van der Waals surface area contributed by atoms with Crippen LogP contribution in [0.2, 0.25) is 0 Å². The number of hydrogen-bond donors (Lipinski definition) is 1. The van der Waals surface area contributed by atoms with Gasteiger partial charge in [0.05, 0.1) is 11.8 Å². The molecule has 40 heavy (non-hydrogen) atoms. The summed E-state index contributed by atoms with van der Waals surface area (Å²) >= 11 is 0. The van der Waals surface area contributed by atoms with Gasteiger partial charge in [0.15, 0.2) is 11.5 Å². The first-order valence-corrected chi connectivity index (χ1v) is 13.9. The molecule has 0 saturated heterocycles. The van der Waals surface area contributed by atoms with Crippen LogP contribution in [-0.4, -0.2) is 48.9 Å². The van der Waals surface area contributed by atoms with Crippen molar-refractivity contribution in [1.29, 1.82) is 0 Å². The number of hydrogen-bond acceptors (Lipinski definition) is 10. The second-order valence-electron chi connectivity index (χ2n) is 11.4. The van der Waals surface area contributed by atoms with Crippen LogP contribution < -0.4 is 15.2 Å². The van der Waals surface area contributed by atoms with Gasteiger partial charge < -0.3 is 29.4 Å². The van der Waals surface area contributed by atoms with Crippen molar-refractivity contribution in [3.8, 4) is 11.5 Å². The fourth-order valence-corrected chi connectivity index (χ4v) is 2.95. The Labute approximate surface area is 238 Å². The maximum Gasteiger partial charge on any atom is 0.508 e. The molecule has 0 aliphatic heterocycles. The lowest BCUT2D eigenvalue weighted by Gasteiger charge is -2.20. The largest absolute Gasteiger partial charge is 0.508 e. The van der Waals surface area contributed by atoms with Crippen LogP contribution in [0, 0.1) is 29.6 Å². The van der Waals surface area contributed by atoms with Crippen LogP contribution in [0.25, 0.3) is 0 Å². The highest BCUT2D eigenvalue weighted by molar-refractivity contribution is 5.79. The second-order valence-corrected chi connectivity index (χ2v) is 11.4. The van der Waals surface area contributed by atoms with E-state index < -0.39 is 42.1 Å². The molecule has 0 aliphatic carbocycles. The molecule has 0 radical (unpaired) electrons. The standard InChI is InChI=1S/C30H47NO9/c1-16(2)20(8)27(32)39-25-12-11-23(14-26(25)40-28(33)21(9)17(3)4)13-24(31)29(34)37-19(7)15-36-30(35)38-22(10)18(5)6/h11-12,14,16-22,24H,13,15,31H2,1-10H3/t19-,20?,21?,22?,24-/m0/s1. The van der Waals surface area contributed by atoms with Crippen LogP contribution >= 0.6 is 0 Å². The molecule has 0 saturated carbocycles. The van der Waals surface area contributed by atoms with E-state index in [1.54, 1.807) is 33.8 Å². The summed E-state index contributed by atoms with van der Waals surface area (Å²) in [5.41, 5.74) is 6.65. The lowest BCUT2D eigenvalue weighted by atomic mass is 9.98. The van der Waals surface area contributed by atoms with Gasteiger partial charge in [0.25, 0.3) is 0 Å². The van der Waals surface area contributed by atoms with Crippen molar-refractivity contribution in [2.45, 2.75) is 93.9 Å². The van der Waals surface area contributed by atoms with Crippen LogP contribution in [0.15, 0.2) is 18.2 Å². The fourth-order valence-electron chi connectivity index (χ4n) is 2.95. The monoisotopic (exact) mass is 565 g/mol. The normalized spacial score (nSPS) is 15.2. The van der Waals surface area contributed by atoms with Crippen molar-refractivity contribution < 1.29 is 42.9 Å². The smallest absolute Gasteiger partial charge is 0.458 e.